The van der Waals surface area contributed by atoms with Crippen LogP contribution in [0.25, 0.3) is 0 Å². The molecule has 1 aliphatic carbocycles. The summed E-state index contributed by atoms with van der Waals surface area (Å²) < 4.78 is 29.6. The third kappa shape index (κ3) is 4.21. The third-order valence-corrected chi connectivity index (χ3v) is 5.94. The van der Waals surface area contributed by atoms with Gasteiger partial charge in [0.1, 0.15) is 0 Å². The molecule has 0 aromatic heterocycles. The number of hydrogen-bond acceptors (Lipinski definition) is 4. The van der Waals surface area contributed by atoms with E-state index in [4.69, 9.17) is 10.5 Å². The average Bonchev–Trinajstić information content (AvgIpc) is 2.81. The summed E-state index contributed by atoms with van der Waals surface area (Å²) in [4.78, 5) is 0. The molecule has 0 amide bonds. The van der Waals surface area contributed by atoms with Gasteiger partial charge in [0.2, 0.25) is 0 Å². The van der Waals surface area contributed by atoms with E-state index in [9.17, 15) is 8.42 Å². The molecule has 2 aliphatic rings. The van der Waals surface area contributed by atoms with Crippen LogP contribution in [0.1, 0.15) is 44.9 Å². The zero-order chi connectivity index (χ0) is 13.0. The van der Waals surface area contributed by atoms with Crippen molar-refractivity contribution in [2.75, 3.05) is 18.1 Å². The predicted molar refractivity (Wildman–Crippen MR) is 72.2 cm³/mol. The van der Waals surface area contributed by atoms with Crippen LogP contribution in [-0.4, -0.2) is 38.7 Å². The van der Waals surface area contributed by atoms with Gasteiger partial charge in [0.05, 0.1) is 17.6 Å². The van der Waals surface area contributed by atoms with Crippen LogP contribution < -0.4 is 5.73 Å². The first-order valence-electron chi connectivity index (χ1n) is 7.14. The van der Waals surface area contributed by atoms with Gasteiger partial charge in [0.25, 0.3) is 0 Å². The zero-order valence-electron chi connectivity index (χ0n) is 11.0. The van der Waals surface area contributed by atoms with Crippen molar-refractivity contribution in [3.05, 3.63) is 0 Å². The van der Waals surface area contributed by atoms with Crippen molar-refractivity contribution in [2.24, 2.45) is 11.7 Å². The topological polar surface area (TPSA) is 69.4 Å². The van der Waals surface area contributed by atoms with E-state index in [-0.39, 0.29) is 23.7 Å². The van der Waals surface area contributed by atoms with Gasteiger partial charge >= 0.3 is 0 Å². The van der Waals surface area contributed by atoms with Crippen molar-refractivity contribution in [1.29, 1.82) is 0 Å². The molecule has 4 nitrogen and oxygen atoms in total. The van der Waals surface area contributed by atoms with Crippen LogP contribution in [0.4, 0.5) is 0 Å². The second-order valence-electron chi connectivity index (χ2n) is 5.77. The summed E-state index contributed by atoms with van der Waals surface area (Å²) in [5.41, 5.74) is 6.09. The molecular weight excluding hydrogens is 250 g/mol. The Morgan fingerprint density at radius 3 is 2.44 bits per heavy atom. The summed E-state index contributed by atoms with van der Waals surface area (Å²) in [6, 6.07) is -0.184. The Labute approximate surface area is 110 Å². The summed E-state index contributed by atoms with van der Waals surface area (Å²) in [6.45, 7) is 0.703. The van der Waals surface area contributed by atoms with Gasteiger partial charge in [-0.05, 0) is 31.6 Å². The van der Waals surface area contributed by atoms with Crippen LogP contribution in [0, 0.1) is 5.92 Å². The van der Waals surface area contributed by atoms with Gasteiger partial charge in [-0.25, -0.2) is 8.42 Å². The lowest BCUT2D eigenvalue weighted by molar-refractivity contribution is 0.127. The first-order valence-corrected chi connectivity index (χ1v) is 8.96. The molecule has 18 heavy (non-hydrogen) atoms. The molecule has 2 rings (SSSR count). The van der Waals surface area contributed by atoms with Crippen molar-refractivity contribution in [1.82, 2.24) is 0 Å². The maximum absolute atomic E-state index is 12.1. The number of nitrogens with two attached hydrogens (primary N) is 1. The molecule has 2 N–H and O–H groups in total. The van der Waals surface area contributed by atoms with Gasteiger partial charge in [-0.2, -0.15) is 0 Å². The molecule has 0 aromatic rings. The maximum atomic E-state index is 12.1. The van der Waals surface area contributed by atoms with Gasteiger partial charge in [-0.1, -0.05) is 19.3 Å². The minimum Gasteiger partial charge on any atom is -0.377 e. The lowest BCUT2D eigenvalue weighted by Crippen LogP contribution is -2.39. The zero-order valence-corrected chi connectivity index (χ0v) is 11.8. The standard InChI is InChI=1S/C13H25NO3S/c14-13(11-5-2-1-3-6-11)10-18(15,16)9-12-7-4-8-17-12/h11-13H,1-10,14H2. The Kier molecular flexibility index (Phi) is 5.04. The molecule has 2 atom stereocenters. The van der Waals surface area contributed by atoms with E-state index < -0.39 is 9.84 Å². The number of rotatable bonds is 5. The maximum Gasteiger partial charge on any atom is 0.154 e. The summed E-state index contributed by atoms with van der Waals surface area (Å²) in [7, 11) is -3.06. The molecule has 2 fully saturated rings. The lowest BCUT2D eigenvalue weighted by Gasteiger charge is -2.27. The minimum absolute atomic E-state index is 0.0893. The molecule has 1 aliphatic heterocycles. The van der Waals surface area contributed by atoms with E-state index >= 15 is 0 Å². The van der Waals surface area contributed by atoms with Crippen LogP contribution in [0.3, 0.4) is 0 Å². The lowest BCUT2D eigenvalue weighted by atomic mass is 9.85. The van der Waals surface area contributed by atoms with E-state index in [1.165, 1.54) is 19.3 Å². The number of sulfone groups is 1. The minimum atomic E-state index is -3.06. The SMILES string of the molecule is NC(CS(=O)(=O)CC1CCCO1)C1CCCCC1. The molecule has 2 unspecified atom stereocenters. The highest BCUT2D eigenvalue weighted by Crippen LogP contribution is 2.26. The molecular formula is C13H25NO3S. The number of ether oxygens (including phenoxy) is 1. The van der Waals surface area contributed by atoms with Gasteiger partial charge in [-0.3, -0.25) is 0 Å². The van der Waals surface area contributed by atoms with Crippen LogP contribution in [-0.2, 0) is 14.6 Å². The van der Waals surface area contributed by atoms with E-state index in [1.807, 2.05) is 0 Å². The average molecular weight is 275 g/mol. The van der Waals surface area contributed by atoms with E-state index in [2.05, 4.69) is 0 Å². The van der Waals surface area contributed by atoms with Crippen molar-refractivity contribution in [3.63, 3.8) is 0 Å². The molecule has 1 heterocycles. The molecule has 5 heteroatoms. The van der Waals surface area contributed by atoms with Crippen molar-refractivity contribution in [2.45, 2.75) is 57.1 Å². The van der Waals surface area contributed by atoms with Crippen LogP contribution in [0.15, 0.2) is 0 Å². The van der Waals surface area contributed by atoms with Crippen LogP contribution >= 0.6 is 0 Å². The smallest absolute Gasteiger partial charge is 0.154 e. The second kappa shape index (κ2) is 6.35. The van der Waals surface area contributed by atoms with E-state index in [0.717, 1.165) is 25.7 Å². The first-order chi connectivity index (χ1) is 8.57. The van der Waals surface area contributed by atoms with Gasteiger partial charge in [0, 0.05) is 12.6 Å². The fraction of sp³-hybridized carbons (Fsp3) is 1.00. The summed E-state index contributed by atoms with van der Waals surface area (Å²) in [5, 5.41) is 0. The van der Waals surface area contributed by atoms with Gasteiger partial charge < -0.3 is 10.5 Å². The molecule has 106 valence electrons. The highest BCUT2D eigenvalue weighted by Gasteiger charge is 2.28. The highest BCUT2D eigenvalue weighted by molar-refractivity contribution is 7.91. The van der Waals surface area contributed by atoms with E-state index in [0.29, 0.717) is 12.5 Å². The second-order valence-corrected chi connectivity index (χ2v) is 7.93. The summed E-state index contributed by atoms with van der Waals surface area (Å²) in [6.07, 6.45) is 7.62. The van der Waals surface area contributed by atoms with Crippen LogP contribution in [0.2, 0.25) is 0 Å². The normalized spacial score (nSPS) is 28.4. The third-order valence-electron chi connectivity index (χ3n) is 4.17. The van der Waals surface area contributed by atoms with E-state index in [1.54, 1.807) is 0 Å². The van der Waals surface area contributed by atoms with Crippen molar-refractivity contribution >= 4 is 9.84 Å². The molecule has 1 saturated heterocycles. The summed E-state index contributed by atoms with van der Waals surface area (Å²) in [5.74, 6) is 0.698. The fourth-order valence-electron chi connectivity index (χ4n) is 3.12. The van der Waals surface area contributed by atoms with Crippen molar-refractivity contribution < 1.29 is 13.2 Å². The molecule has 1 saturated carbocycles. The number of hydrogen-bond donors (Lipinski definition) is 1. The molecule has 0 aromatic carbocycles. The predicted octanol–water partition coefficient (Wildman–Crippen LogP) is 1.49. The molecule has 0 spiro atoms. The van der Waals surface area contributed by atoms with Gasteiger partial charge in [0.15, 0.2) is 9.84 Å². The largest absolute Gasteiger partial charge is 0.377 e. The molecule has 0 radical (unpaired) electrons. The Morgan fingerprint density at radius 2 is 1.83 bits per heavy atom. The Morgan fingerprint density at radius 1 is 1.11 bits per heavy atom. The quantitative estimate of drug-likeness (QED) is 0.825. The Hall–Kier alpha value is -0.130. The molecule has 0 bridgehead atoms. The monoisotopic (exact) mass is 275 g/mol. The van der Waals surface area contributed by atoms with Crippen molar-refractivity contribution in [3.8, 4) is 0 Å². The highest BCUT2D eigenvalue weighted by atomic mass is 32.2. The Balaban J connectivity index is 1.82. The summed E-state index contributed by atoms with van der Waals surface area (Å²) >= 11 is 0. The fourth-order valence-corrected chi connectivity index (χ4v) is 4.94. The van der Waals surface area contributed by atoms with Gasteiger partial charge in [-0.15, -0.1) is 0 Å². The Bertz CT molecular complexity index is 343. The first kappa shape index (κ1) is 14.3. The van der Waals surface area contributed by atoms with Crippen LogP contribution in [0.5, 0.6) is 0 Å².